The first-order valence-electron chi connectivity index (χ1n) is 5.86. The van der Waals surface area contributed by atoms with E-state index in [0.29, 0.717) is 35.8 Å². The lowest BCUT2D eigenvalue weighted by Gasteiger charge is -2.29. The highest BCUT2D eigenvalue weighted by atomic mass is 35.5. The predicted molar refractivity (Wildman–Crippen MR) is 69.2 cm³/mol. The Morgan fingerprint density at radius 2 is 2.28 bits per heavy atom. The van der Waals surface area contributed by atoms with Crippen LogP contribution in [0.25, 0.3) is 0 Å². The average Bonchev–Trinajstić information content (AvgIpc) is 2.37. The first-order valence-corrected chi connectivity index (χ1v) is 6.24. The van der Waals surface area contributed by atoms with Crippen molar-refractivity contribution in [3.63, 3.8) is 0 Å². The third kappa shape index (κ3) is 2.64. The van der Waals surface area contributed by atoms with Gasteiger partial charge in [0.15, 0.2) is 6.61 Å². The summed E-state index contributed by atoms with van der Waals surface area (Å²) in [6.07, 6.45) is 0.842. The molecule has 4 nitrogen and oxygen atoms in total. The van der Waals surface area contributed by atoms with Crippen molar-refractivity contribution in [2.24, 2.45) is 0 Å². The lowest BCUT2D eigenvalue weighted by Crippen LogP contribution is -2.40. The zero-order chi connectivity index (χ0) is 13.1. The molecule has 1 amide bonds. The van der Waals surface area contributed by atoms with Crippen molar-refractivity contribution >= 4 is 29.0 Å². The molecule has 1 aliphatic rings. The van der Waals surface area contributed by atoms with Gasteiger partial charge in [0.2, 0.25) is 0 Å². The Labute approximate surface area is 110 Å². The predicted octanol–water partition coefficient (Wildman–Crippen LogP) is 2.43. The molecule has 0 N–H and O–H groups in total. The number of benzene rings is 1. The van der Waals surface area contributed by atoms with E-state index in [-0.39, 0.29) is 18.3 Å². The van der Waals surface area contributed by atoms with E-state index >= 15 is 0 Å². The molecule has 0 unspecified atom stereocenters. The van der Waals surface area contributed by atoms with Gasteiger partial charge >= 0.3 is 0 Å². The Bertz CT molecular complexity index is 487. The number of nitrogens with zero attached hydrogens (tertiary/aromatic N) is 1. The summed E-state index contributed by atoms with van der Waals surface area (Å²) in [6, 6.07) is 5.13. The van der Waals surface area contributed by atoms with Crippen LogP contribution in [0.2, 0.25) is 5.02 Å². The highest BCUT2D eigenvalue weighted by Gasteiger charge is 2.25. The second-order valence-electron chi connectivity index (χ2n) is 4.09. The van der Waals surface area contributed by atoms with Gasteiger partial charge in [0, 0.05) is 24.4 Å². The minimum absolute atomic E-state index is 0.00888. The molecule has 0 bridgehead atoms. The van der Waals surface area contributed by atoms with Crippen LogP contribution in [0.3, 0.4) is 0 Å². The van der Waals surface area contributed by atoms with Crippen LogP contribution in [0.15, 0.2) is 18.2 Å². The summed E-state index contributed by atoms with van der Waals surface area (Å²) in [5.74, 6) is 0.620. The highest BCUT2D eigenvalue weighted by Crippen LogP contribution is 2.34. The van der Waals surface area contributed by atoms with Crippen LogP contribution in [-0.4, -0.2) is 24.8 Å². The number of halogens is 1. The molecule has 0 saturated heterocycles. The Morgan fingerprint density at radius 1 is 1.50 bits per heavy atom. The Kier molecular flexibility index (Phi) is 3.87. The molecule has 5 heteroatoms. The standard InChI is InChI=1S/C13H14ClNO3/c1-2-10(16)5-6-15-11-7-9(14)3-4-12(11)18-8-13(15)17/h3-4,7H,2,5-6,8H2,1H3. The van der Waals surface area contributed by atoms with Gasteiger partial charge in [-0.25, -0.2) is 0 Å². The normalized spacial score (nSPS) is 14.1. The summed E-state index contributed by atoms with van der Waals surface area (Å²) >= 11 is 5.92. The molecule has 2 rings (SSSR count). The van der Waals surface area contributed by atoms with Gasteiger partial charge in [-0.3, -0.25) is 9.59 Å². The summed E-state index contributed by atoms with van der Waals surface area (Å²) in [5.41, 5.74) is 0.641. The fourth-order valence-corrected chi connectivity index (χ4v) is 2.00. The zero-order valence-electron chi connectivity index (χ0n) is 10.1. The molecule has 18 heavy (non-hydrogen) atoms. The van der Waals surface area contributed by atoms with E-state index in [4.69, 9.17) is 16.3 Å². The number of carbonyl (C=O) groups excluding carboxylic acids is 2. The summed E-state index contributed by atoms with van der Waals surface area (Å²) in [5, 5.41) is 0.541. The number of anilines is 1. The maximum atomic E-state index is 11.8. The summed E-state index contributed by atoms with van der Waals surface area (Å²) in [4.78, 5) is 24.7. The topological polar surface area (TPSA) is 46.6 Å². The van der Waals surface area contributed by atoms with Gasteiger partial charge < -0.3 is 9.64 Å². The number of rotatable bonds is 4. The number of ether oxygens (including phenoxy) is 1. The molecule has 1 aromatic rings. The highest BCUT2D eigenvalue weighted by molar-refractivity contribution is 6.31. The number of carbonyl (C=O) groups is 2. The van der Waals surface area contributed by atoms with Crippen LogP contribution < -0.4 is 9.64 Å². The Morgan fingerprint density at radius 3 is 3.00 bits per heavy atom. The van der Waals surface area contributed by atoms with Gasteiger partial charge in [-0.2, -0.15) is 0 Å². The second kappa shape index (κ2) is 5.40. The first kappa shape index (κ1) is 12.9. The molecule has 1 aromatic carbocycles. The number of fused-ring (bicyclic) bond motifs is 1. The molecule has 0 fully saturated rings. The number of ketones is 1. The minimum Gasteiger partial charge on any atom is -0.482 e. The maximum Gasteiger partial charge on any atom is 0.265 e. The Balaban J connectivity index is 2.21. The van der Waals surface area contributed by atoms with Crippen LogP contribution in [0.5, 0.6) is 5.75 Å². The number of hydrogen-bond donors (Lipinski definition) is 0. The third-order valence-corrected chi connectivity index (χ3v) is 3.11. The van der Waals surface area contributed by atoms with Gasteiger partial charge in [-0.15, -0.1) is 0 Å². The fourth-order valence-electron chi connectivity index (χ4n) is 1.83. The van der Waals surface area contributed by atoms with E-state index < -0.39 is 0 Å². The second-order valence-corrected chi connectivity index (χ2v) is 4.52. The molecule has 0 spiro atoms. The van der Waals surface area contributed by atoms with Gasteiger partial charge in [0.05, 0.1) is 5.69 Å². The van der Waals surface area contributed by atoms with Crippen molar-refractivity contribution in [3.05, 3.63) is 23.2 Å². The van der Waals surface area contributed by atoms with Crippen molar-refractivity contribution in [1.29, 1.82) is 0 Å². The van der Waals surface area contributed by atoms with E-state index in [0.717, 1.165) is 0 Å². The van der Waals surface area contributed by atoms with Crippen LogP contribution in [-0.2, 0) is 9.59 Å². The van der Waals surface area contributed by atoms with Crippen LogP contribution in [0.4, 0.5) is 5.69 Å². The van der Waals surface area contributed by atoms with E-state index in [2.05, 4.69) is 0 Å². The smallest absolute Gasteiger partial charge is 0.265 e. The van der Waals surface area contributed by atoms with Gasteiger partial charge in [0.25, 0.3) is 5.91 Å². The molecule has 0 atom stereocenters. The molecular weight excluding hydrogens is 254 g/mol. The summed E-state index contributed by atoms with van der Waals surface area (Å²) in [7, 11) is 0. The van der Waals surface area contributed by atoms with E-state index in [1.165, 1.54) is 0 Å². The lowest BCUT2D eigenvalue weighted by molar-refractivity contribution is -0.121. The number of amides is 1. The third-order valence-electron chi connectivity index (χ3n) is 2.87. The largest absolute Gasteiger partial charge is 0.482 e. The van der Waals surface area contributed by atoms with Crippen LogP contribution >= 0.6 is 11.6 Å². The van der Waals surface area contributed by atoms with Gasteiger partial charge in [-0.1, -0.05) is 18.5 Å². The summed E-state index contributed by atoms with van der Waals surface area (Å²) in [6.45, 7) is 2.20. The van der Waals surface area contributed by atoms with Crippen molar-refractivity contribution < 1.29 is 14.3 Å². The molecule has 0 saturated carbocycles. The molecular formula is C13H14ClNO3. The molecule has 0 aliphatic carbocycles. The van der Waals surface area contributed by atoms with Gasteiger partial charge in [-0.05, 0) is 18.2 Å². The molecule has 0 radical (unpaired) electrons. The Hall–Kier alpha value is -1.55. The lowest BCUT2D eigenvalue weighted by atomic mass is 10.2. The van der Waals surface area contributed by atoms with Crippen molar-refractivity contribution in [2.75, 3.05) is 18.1 Å². The minimum atomic E-state index is -0.145. The quantitative estimate of drug-likeness (QED) is 0.842. The molecule has 1 heterocycles. The SMILES string of the molecule is CCC(=O)CCN1C(=O)COc2ccc(Cl)cc21. The molecule has 0 aromatic heterocycles. The van der Waals surface area contributed by atoms with Crippen molar-refractivity contribution in [2.45, 2.75) is 19.8 Å². The van der Waals surface area contributed by atoms with E-state index in [1.54, 1.807) is 23.1 Å². The maximum absolute atomic E-state index is 11.8. The summed E-state index contributed by atoms with van der Waals surface area (Å²) < 4.78 is 5.32. The number of Topliss-reactive ketones (excluding diaryl/α,β-unsaturated/α-hetero) is 1. The zero-order valence-corrected chi connectivity index (χ0v) is 10.9. The average molecular weight is 268 g/mol. The fraction of sp³-hybridized carbons (Fsp3) is 0.385. The molecule has 96 valence electrons. The van der Waals surface area contributed by atoms with Crippen molar-refractivity contribution in [1.82, 2.24) is 0 Å². The monoisotopic (exact) mass is 267 g/mol. The van der Waals surface area contributed by atoms with Crippen LogP contribution in [0, 0.1) is 0 Å². The first-order chi connectivity index (χ1) is 8.61. The van der Waals surface area contributed by atoms with Crippen molar-refractivity contribution in [3.8, 4) is 5.75 Å². The van der Waals surface area contributed by atoms with Crippen LogP contribution in [0.1, 0.15) is 19.8 Å². The van der Waals surface area contributed by atoms with E-state index in [1.807, 2.05) is 6.92 Å². The molecule has 1 aliphatic heterocycles. The number of hydrogen-bond acceptors (Lipinski definition) is 3. The van der Waals surface area contributed by atoms with E-state index in [9.17, 15) is 9.59 Å². The van der Waals surface area contributed by atoms with Gasteiger partial charge in [0.1, 0.15) is 11.5 Å².